The number of para-hydroxylation sites is 1. The van der Waals surface area contributed by atoms with Gasteiger partial charge in [0.2, 0.25) is 5.52 Å². The van der Waals surface area contributed by atoms with E-state index in [0.29, 0.717) is 25.9 Å². The molecule has 10 heteroatoms. The zero-order valence-corrected chi connectivity index (χ0v) is 29.1. The van der Waals surface area contributed by atoms with E-state index in [0.717, 1.165) is 23.7 Å². The molecule has 2 heterocycles. The van der Waals surface area contributed by atoms with Crippen LogP contribution in [0.5, 0.6) is 0 Å². The van der Waals surface area contributed by atoms with Gasteiger partial charge in [-0.25, -0.2) is 4.79 Å². The summed E-state index contributed by atoms with van der Waals surface area (Å²) in [6.07, 6.45) is 23.2. The van der Waals surface area contributed by atoms with Gasteiger partial charge in [-0.05, 0) is 31.4 Å². The van der Waals surface area contributed by atoms with Gasteiger partial charge in [0.1, 0.15) is 13.2 Å². The Morgan fingerprint density at radius 1 is 0.826 bits per heavy atom. The average molecular weight is 663 g/mol. The molecule has 2 aromatic rings. The number of unbranched alkanes of at least 4 members (excludes halogenated alkanes) is 15. The predicted molar refractivity (Wildman–Crippen MR) is 180 cm³/mol. The monoisotopic (exact) mass is 662 g/mol. The molecule has 0 radical (unpaired) electrons. The van der Waals surface area contributed by atoms with Gasteiger partial charge in [0, 0.05) is 24.1 Å². The Bertz CT molecular complexity index is 1150. The number of alkyl carbamates (subject to hydrolysis) is 1. The predicted octanol–water partition coefficient (Wildman–Crippen LogP) is 8.16. The third kappa shape index (κ3) is 16.7. The van der Waals surface area contributed by atoms with Crippen molar-refractivity contribution in [3.63, 3.8) is 0 Å². The summed E-state index contributed by atoms with van der Waals surface area (Å²) in [7, 11) is -4.47. The first-order valence-corrected chi connectivity index (χ1v) is 19.5. The zero-order valence-electron chi connectivity index (χ0n) is 28.2. The van der Waals surface area contributed by atoms with E-state index in [2.05, 4.69) is 12.2 Å². The molecule has 1 aromatic heterocycles. The quantitative estimate of drug-likeness (QED) is 0.0615. The van der Waals surface area contributed by atoms with E-state index < -0.39 is 13.9 Å². The summed E-state index contributed by atoms with van der Waals surface area (Å²) >= 11 is 0. The van der Waals surface area contributed by atoms with E-state index in [1.54, 1.807) is 0 Å². The first kappa shape index (κ1) is 38.4. The van der Waals surface area contributed by atoms with Crippen LogP contribution in [0.4, 0.5) is 4.79 Å². The largest absolute Gasteiger partial charge is 0.756 e. The molecule has 1 amide bonds. The molecule has 1 N–H and O–H groups in total. The number of rotatable bonds is 26. The normalized spacial score (nSPS) is 17.7. The molecule has 0 spiro atoms. The van der Waals surface area contributed by atoms with Crippen molar-refractivity contribution >= 4 is 24.8 Å². The Balaban J connectivity index is 1.11. The Kier molecular flexibility index (Phi) is 19.5. The number of pyridine rings is 1. The van der Waals surface area contributed by atoms with E-state index in [9.17, 15) is 14.3 Å². The van der Waals surface area contributed by atoms with Gasteiger partial charge in [-0.2, -0.15) is 4.57 Å². The van der Waals surface area contributed by atoms with Crippen LogP contribution >= 0.6 is 7.82 Å². The SMILES string of the molecule is CCCCCCCCCCCCCCCCCCNC(=O)OC[C@@H]1CC[C@H](COP(=O)([O-])OCC[n+]2cccc3ccccc32)O1. The second-order valence-electron chi connectivity index (χ2n) is 12.6. The summed E-state index contributed by atoms with van der Waals surface area (Å²) in [6.45, 7) is 3.23. The molecular formula is C36H59N2O7P. The number of benzene rings is 1. The molecule has 0 aliphatic carbocycles. The number of phosphoric ester groups is 1. The highest BCUT2D eigenvalue weighted by Crippen LogP contribution is 2.39. The van der Waals surface area contributed by atoms with Crippen molar-refractivity contribution in [3.8, 4) is 0 Å². The lowest BCUT2D eigenvalue weighted by molar-refractivity contribution is -0.672. The fourth-order valence-corrected chi connectivity index (χ4v) is 6.72. The van der Waals surface area contributed by atoms with Crippen molar-refractivity contribution in [1.29, 1.82) is 0 Å². The smallest absolute Gasteiger partial charge is 0.407 e. The molecule has 1 aliphatic rings. The average Bonchev–Trinajstić information content (AvgIpc) is 3.52. The zero-order chi connectivity index (χ0) is 32.7. The van der Waals surface area contributed by atoms with Crippen LogP contribution in [0.2, 0.25) is 0 Å². The molecule has 9 nitrogen and oxygen atoms in total. The highest BCUT2D eigenvalue weighted by Gasteiger charge is 2.28. The van der Waals surface area contributed by atoms with E-state index in [1.165, 1.54) is 89.9 Å². The molecule has 1 unspecified atom stereocenters. The van der Waals surface area contributed by atoms with Crippen molar-refractivity contribution in [1.82, 2.24) is 5.32 Å². The minimum Gasteiger partial charge on any atom is -0.756 e. The van der Waals surface area contributed by atoms with Crippen LogP contribution in [0.1, 0.15) is 122 Å². The van der Waals surface area contributed by atoms with Gasteiger partial charge >= 0.3 is 6.09 Å². The number of hydrogen-bond donors (Lipinski definition) is 1. The number of phosphoric acid groups is 1. The molecule has 1 aliphatic heterocycles. The van der Waals surface area contributed by atoms with Crippen LogP contribution in [0.3, 0.4) is 0 Å². The summed E-state index contributed by atoms with van der Waals surface area (Å²) in [5.74, 6) is 0. The van der Waals surface area contributed by atoms with Crippen LogP contribution in [-0.2, 0) is 29.6 Å². The molecule has 3 atom stereocenters. The maximum absolute atomic E-state index is 12.3. The van der Waals surface area contributed by atoms with Crippen LogP contribution in [0.15, 0.2) is 42.6 Å². The van der Waals surface area contributed by atoms with Crippen LogP contribution in [-0.4, -0.2) is 44.7 Å². The van der Waals surface area contributed by atoms with Crippen molar-refractivity contribution in [2.45, 2.75) is 141 Å². The molecule has 46 heavy (non-hydrogen) atoms. The third-order valence-electron chi connectivity index (χ3n) is 8.68. The standard InChI is InChI=1S/C36H59N2O7P/c1-2-3-4-5-6-7-8-9-10-11-12-13-14-15-16-19-26-37-36(39)42-30-33-24-25-34(45-33)31-44-46(40,41)43-29-28-38-27-20-22-32-21-17-18-23-35(32)38/h17-18,20-23,27,33-34H,2-16,19,24-26,28-31H2,1H3,(H-,37,39,40,41)/t33-,34+/m0/s1. The van der Waals surface area contributed by atoms with Gasteiger partial charge in [-0.3, -0.25) is 4.57 Å². The number of fused-ring (bicyclic) bond motifs is 1. The summed E-state index contributed by atoms with van der Waals surface area (Å²) < 4.78 is 35.5. The maximum Gasteiger partial charge on any atom is 0.407 e. The second kappa shape index (κ2) is 23.3. The van der Waals surface area contributed by atoms with Crippen LogP contribution in [0, 0.1) is 0 Å². The fourth-order valence-electron chi connectivity index (χ4n) is 5.99. The Morgan fingerprint density at radius 3 is 2.04 bits per heavy atom. The summed E-state index contributed by atoms with van der Waals surface area (Å²) in [4.78, 5) is 24.3. The number of amides is 1. The van der Waals surface area contributed by atoms with E-state index in [-0.39, 0.29) is 32.0 Å². The molecule has 3 rings (SSSR count). The van der Waals surface area contributed by atoms with Crippen molar-refractivity contribution < 1.29 is 37.3 Å². The van der Waals surface area contributed by atoms with Gasteiger partial charge < -0.3 is 28.7 Å². The number of nitrogens with zero attached hydrogens (tertiary/aromatic N) is 1. The molecule has 260 valence electrons. The van der Waals surface area contributed by atoms with Gasteiger partial charge in [0.25, 0.3) is 7.82 Å². The Morgan fingerprint density at radius 2 is 1.39 bits per heavy atom. The molecule has 1 fully saturated rings. The maximum atomic E-state index is 12.3. The molecule has 0 bridgehead atoms. The first-order valence-electron chi connectivity index (χ1n) is 18.0. The topological polar surface area (TPSA) is 110 Å². The molecule has 1 aromatic carbocycles. The highest BCUT2D eigenvalue weighted by molar-refractivity contribution is 7.45. The second-order valence-corrected chi connectivity index (χ2v) is 14.0. The van der Waals surface area contributed by atoms with Gasteiger partial charge in [-0.15, -0.1) is 0 Å². The van der Waals surface area contributed by atoms with Gasteiger partial charge in [0.15, 0.2) is 12.7 Å². The summed E-state index contributed by atoms with van der Waals surface area (Å²) in [5, 5.41) is 3.88. The molecule has 1 saturated heterocycles. The van der Waals surface area contributed by atoms with E-state index >= 15 is 0 Å². The number of ether oxygens (including phenoxy) is 2. The lowest BCUT2D eigenvalue weighted by Crippen LogP contribution is -2.36. The highest BCUT2D eigenvalue weighted by atomic mass is 31.2. The van der Waals surface area contributed by atoms with Crippen molar-refractivity contribution in [2.24, 2.45) is 0 Å². The number of aromatic nitrogens is 1. The number of hydrogen-bond acceptors (Lipinski definition) is 7. The summed E-state index contributed by atoms with van der Waals surface area (Å²) in [6, 6.07) is 11.8. The number of carbonyl (C=O) groups excluding carboxylic acids is 1. The van der Waals surface area contributed by atoms with E-state index in [4.69, 9.17) is 18.5 Å². The van der Waals surface area contributed by atoms with Gasteiger partial charge in [0.05, 0.1) is 18.8 Å². The molecule has 0 saturated carbocycles. The van der Waals surface area contributed by atoms with Crippen molar-refractivity contribution in [2.75, 3.05) is 26.4 Å². The Hall–Kier alpha value is -2.03. The minimum atomic E-state index is -4.47. The minimum absolute atomic E-state index is 0.0318. The lowest BCUT2D eigenvalue weighted by Gasteiger charge is -2.24. The van der Waals surface area contributed by atoms with E-state index in [1.807, 2.05) is 47.2 Å². The Labute approximate surface area is 277 Å². The molecular weight excluding hydrogens is 603 g/mol. The lowest BCUT2D eigenvalue weighted by atomic mass is 10.0. The van der Waals surface area contributed by atoms with Crippen LogP contribution in [0.25, 0.3) is 10.9 Å². The first-order chi connectivity index (χ1) is 22.5. The number of carbonyl (C=O) groups is 1. The van der Waals surface area contributed by atoms with Crippen LogP contribution < -0.4 is 14.8 Å². The van der Waals surface area contributed by atoms with Gasteiger partial charge in [-0.1, -0.05) is 115 Å². The summed E-state index contributed by atoms with van der Waals surface area (Å²) in [5.41, 5.74) is 0.997. The van der Waals surface area contributed by atoms with Crippen molar-refractivity contribution in [3.05, 3.63) is 42.6 Å². The number of nitrogens with one attached hydrogen (secondary N) is 1. The fraction of sp³-hybridized carbons (Fsp3) is 0.722. The third-order valence-corrected chi connectivity index (χ3v) is 9.65.